The predicted molar refractivity (Wildman–Crippen MR) is 79.2 cm³/mol. The second-order valence-corrected chi connectivity index (χ2v) is 4.82. The van der Waals surface area contributed by atoms with Crippen LogP contribution in [0.2, 0.25) is 0 Å². The van der Waals surface area contributed by atoms with Crippen LogP contribution in [0.5, 0.6) is 0 Å². The lowest BCUT2D eigenvalue weighted by molar-refractivity contribution is 0.139. The van der Waals surface area contributed by atoms with E-state index in [1.807, 2.05) is 0 Å². The average molecular weight is 249 g/mol. The highest BCUT2D eigenvalue weighted by atomic mass is 16.5. The van der Waals surface area contributed by atoms with Crippen LogP contribution in [0, 0.1) is 6.92 Å². The van der Waals surface area contributed by atoms with Gasteiger partial charge in [-0.15, -0.1) is 0 Å². The first kappa shape index (κ1) is 15.0. The van der Waals surface area contributed by atoms with Crippen molar-refractivity contribution in [2.24, 2.45) is 0 Å². The molecule has 0 spiro atoms. The summed E-state index contributed by atoms with van der Waals surface area (Å²) in [4.78, 5) is 0. The van der Waals surface area contributed by atoms with E-state index in [1.165, 1.54) is 43.4 Å². The molecule has 0 radical (unpaired) electrons. The van der Waals surface area contributed by atoms with E-state index in [9.17, 15) is 0 Å². The van der Waals surface area contributed by atoms with Gasteiger partial charge in [-0.2, -0.15) is 0 Å². The molecular weight excluding hydrogens is 222 g/mol. The van der Waals surface area contributed by atoms with Gasteiger partial charge < -0.3 is 10.1 Å². The SMILES string of the molecule is CCCCCCCOCCNc1cccc(C)c1. The van der Waals surface area contributed by atoms with Gasteiger partial charge in [-0.25, -0.2) is 0 Å². The fraction of sp³-hybridized carbons (Fsp3) is 0.625. The molecule has 0 aliphatic carbocycles. The normalized spacial score (nSPS) is 10.6. The number of rotatable bonds is 10. The Kier molecular flexibility index (Phi) is 8.32. The lowest BCUT2D eigenvalue weighted by atomic mass is 10.2. The largest absolute Gasteiger partial charge is 0.383 e. The Bertz CT molecular complexity index is 312. The Labute approximate surface area is 112 Å². The van der Waals surface area contributed by atoms with Gasteiger partial charge in [-0.1, -0.05) is 44.7 Å². The van der Waals surface area contributed by atoms with Crippen molar-refractivity contribution in [2.75, 3.05) is 25.1 Å². The second-order valence-electron chi connectivity index (χ2n) is 4.82. The molecule has 0 fully saturated rings. The third kappa shape index (κ3) is 7.33. The molecule has 0 amide bonds. The predicted octanol–water partition coefficient (Wildman–Crippen LogP) is 4.39. The molecule has 102 valence electrons. The molecule has 2 heteroatoms. The number of anilines is 1. The molecular formula is C16H27NO. The highest BCUT2D eigenvalue weighted by Gasteiger charge is 1.93. The summed E-state index contributed by atoms with van der Waals surface area (Å²) < 4.78 is 5.60. The zero-order chi connectivity index (χ0) is 13.1. The van der Waals surface area contributed by atoms with E-state index >= 15 is 0 Å². The maximum absolute atomic E-state index is 5.60. The van der Waals surface area contributed by atoms with Crippen LogP contribution in [-0.4, -0.2) is 19.8 Å². The molecule has 0 atom stereocenters. The van der Waals surface area contributed by atoms with Gasteiger partial charge in [-0.3, -0.25) is 0 Å². The molecule has 0 unspecified atom stereocenters. The molecule has 1 N–H and O–H groups in total. The fourth-order valence-electron chi connectivity index (χ4n) is 1.93. The minimum absolute atomic E-state index is 0.793. The van der Waals surface area contributed by atoms with E-state index in [2.05, 4.69) is 43.4 Å². The van der Waals surface area contributed by atoms with Crippen molar-refractivity contribution < 1.29 is 4.74 Å². The number of aryl methyl sites for hydroxylation is 1. The summed E-state index contributed by atoms with van der Waals surface area (Å²) in [6.45, 7) is 6.94. The fourth-order valence-corrected chi connectivity index (χ4v) is 1.93. The summed E-state index contributed by atoms with van der Waals surface area (Å²) in [6.07, 6.45) is 6.52. The van der Waals surface area contributed by atoms with Gasteiger partial charge in [0.1, 0.15) is 0 Å². The Morgan fingerprint density at radius 2 is 1.89 bits per heavy atom. The van der Waals surface area contributed by atoms with Crippen molar-refractivity contribution in [1.82, 2.24) is 0 Å². The number of ether oxygens (including phenoxy) is 1. The van der Waals surface area contributed by atoms with E-state index in [-0.39, 0.29) is 0 Å². The van der Waals surface area contributed by atoms with Crippen molar-refractivity contribution in [3.63, 3.8) is 0 Å². The maximum atomic E-state index is 5.60. The molecule has 0 heterocycles. The number of hydrogen-bond donors (Lipinski definition) is 1. The van der Waals surface area contributed by atoms with Gasteiger partial charge in [0.05, 0.1) is 6.61 Å². The van der Waals surface area contributed by atoms with Crippen LogP contribution in [0.25, 0.3) is 0 Å². The third-order valence-corrected chi connectivity index (χ3v) is 2.99. The third-order valence-electron chi connectivity index (χ3n) is 2.99. The van der Waals surface area contributed by atoms with Crippen molar-refractivity contribution in [3.05, 3.63) is 29.8 Å². The average Bonchev–Trinajstić information content (AvgIpc) is 2.37. The molecule has 0 aliphatic heterocycles. The topological polar surface area (TPSA) is 21.3 Å². The Morgan fingerprint density at radius 1 is 1.06 bits per heavy atom. The molecule has 1 rings (SSSR count). The summed E-state index contributed by atoms with van der Waals surface area (Å²) in [5.41, 5.74) is 2.47. The zero-order valence-electron chi connectivity index (χ0n) is 11.9. The van der Waals surface area contributed by atoms with Crippen molar-refractivity contribution >= 4 is 5.69 Å². The van der Waals surface area contributed by atoms with Crippen LogP contribution < -0.4 is 5.32 Å². The number of nitrogens with one attached hydrogen (secondary N) is 1. The number of benzene rings is 1. The monoisotopic (exact) mass is 249 g/mol. The molecule has 0 aliphatic rings. The van der Waals surface area contributed by atoms with Crippen LogP contribution in [-0.2, 0) is 4.74 Å². The summed E-state index contributed by atoms with van der Waals surface area (Å²) >= 11 is 0. The minimum atomic E-state index is 0.793. The molecule has 0 aromatic heterocycles. The van der Waals surface area contributed by atoms with Crippen molar-refractivity contribution in [1.29, 1.82) is 0 Å². The van der Waals surface area contributed by atoms with Gasteiger partial charge in [0.2, 0.25) is 0 Å². The maximum Gasteiger partial charge on any atom is 0.0639 e. The summed E-state index contributed by atoms with van der Waals surface area (Å²) in [5.74, 6) is 0. The van der Waals surface area contributed by atoms with E-state index < -0.39 is 0 Å². The molecule has 0 saturated carbocycles. The molecule has 0 bridgehead atoms. The van der Waals surface area contributed by atoms with Gasteiger partial charge >= 0.3 is 0 Å². The van der Waals surface area contributed by atoms with Gasteiger partial charge in [0.25, 0.3) is 0 Å². The summed E-state index contributed by atoms with van der Waals surface area (Å²) in [6, 6.07) is 8.44. The second kappa shape index (κ2) is 9.95. The van der Waals surface area contributed by atoms with Gasteiger partial charge in [0.15, 0.2) is 0 Å². The highest BCUT2D eigenvalue weighted by Crippen LogP contribution is 2.08. The van der Waals surface area contributed by atoms with E-state index in [0.29, 0.717) is 0 Å². The quantitative estimate of drug-likeness (QED) is 0.621. The van der Waals surface area contributed by atoms with Crippen LogP contribution in [0.1, 0.15) is 44.6 Å². The Hall–Kier alpha value is -1.02. The molecule has 18 heavy (non-hydrogen) atoms. The molecule has 2 nitrogen and oxygen atoms in total. The van der Waals surface area contributed by atoms with E-state index in [0.717, 1.165) is 19.8 Å². The van der Waals surface area contributed by atoms with Gasteiger partial charge in [-0.05, 0) is 31.0 Å². The van der Waals surface area contributed by atoms with Crippen molar-refractivity contribution in [3.8, 4) is 0 Å². The first-order chi connectivity index (χ1) is 8.83. The lowest BCUT2D eigenvalue weighted by Gasteiger charge is -2.08. The standard InChI is InChI=1S/C16H27NO/c1-3-4-5-6-7-12-18-13-11-17-16-10-8-9-15(2)14-16/h8-10,14,17H,3-7,11-13H2,1-2H3. The minimum Gasteiger partial charge on any atom is -0.383 e. The Morgan fingerprint density at radius 3 is 2.67 bits per heavy atom. The zero-order valence-corrected chi connectivity index (χ0v) is 11.9. The van der Waals surface area contributed by atoms with Gasteiger partial charge in [0, 0.05) is 18.8 Å². The number of unbranched alkanes of at least 4 members (excludes halogenated alkanes) is 4. The molecule has 1 aromatic rings. The van der Waals surface area contributed by atoms with E-state index in [4.69, 9.17) is 4.74 Å². The first-order valence-corrected chi connectivity index (χ1v) is 7.21. The molecule has 1 aromatic carbocycles. The number of hydrogen-bond acceptors (Lipinski definition) is 2. The van der Waals surface area contributed by atoms with Crippen LogP contribution in [0.4, 0.5) is 5.69 Å². The smallest absolute Gasteiger partial charge is 0.0639 e. The first-order valence-electron chi connectivity index (χ1n) is 7.21. The van der Waals surface area contributed by atoms with Crippen LogP contribution in [0.3, 0.4) is 0 Å². The molecule has 0 saturated heterocycles. The van der Waals surface area contributed by atoms with Crippen LogP contribution in [0.15, 0.2) is 24.3 Å². The van der Waals surface area contributed by atoms with E-state index in [1.54, 1.807) is 0 Å². The highest BCUT2D eigenvalue weighted by molar-refractivity contribution is 5.45. The summed E-state index contributed by atoms with van der Waals surface area (Å²) in [7, 11) is 0. The summed E-state index contributed by atoms with van der Waals surface area (Å²) in [5, 5.41) is 3.37. The lowest BCUT2D eigenvalue weighted by Crippen LogP contribution is -2.10. The van der Waals surface area contributed by atoms with Crippen molar-refractivity contribution in [2.45, 2.75) is 46.0 Å². The Balaban J connectivity index is 1.92. The van der Waals surface area contributed by atoms with Crippen LogP contribution >= 0.6 is 0 Å².